The highest BCUT2D eigenvalue weighted by atomic mass is 15.1. The number of nitrogens with zero attached hydrogens (tertiary/aromatic N) is 4. The van der Waals surface area contributed by atoms with Gasteiger partial charge in [-0.1, -0.05) is 67.6 Å². The summed E-state index contributed by atoms with van der Waals surface area (Å²) in [7, 11) is 0. The van der Waals surface area contributed by atoms with Gasteiger partial charge in [-0.2, -0.15) is 5.26 Å². The lowest BCUT2D eigenvalue weighted by atomic mass is 9.94. The van der Waals surface area contributed by atoms with Gasteiger partial charge in [-0.3, -0.25) is 0 Å². The number of hydrogen-bond donors (Lipinski definition) is 0. The van der Waals surface area contributed by atoms with Gasteiger partial charge in [0, 0.05) is 17.7 Å². The van der Waals surface area contributed by atoms with Crippen LogP contribution in [0.25, 0.3) is 33.4 Å². The molecule has 0 atom stereocenters. The Morgan fingerprint density at radius 1 is 0.824 bits per heavy atom. The maximum absolute atomic E-state index is 9.70. The average Bonchev–Trinajstić information content (AvgIpc) is 3.22. The van der Waals surface area contributed by atoms with Crippen molar-refractivity contribution >= 4 is 11.2 Å². The molecular weight excluding hydrogens is 416 g/mol. The Balaban J connectivity index is 1.51. The third kappa shape index (κ3) is 3.97. The Hall–Kier alpha value is -4.23. The van der Waals surface area contributed by atoms with Gasteiger partial charge in [0.1, 0.15) is 11.3 Å². The lowest BCUT2D eigenvalue weighted by molar-refractivity contribution is 0.745. The Labute approximate surface area is 200 Å². The van der Waals surface area contributed by atoms with E-state index in [1.807, 2.05) is 37.3 Å². The molecular formula is C30H26N4. The van der Waals surface area contributed by atoms with Crippen LogP contribution >= 0.6 is 0 Å². The van der Waals surface area contributed by atoms with Gasteiger partial charge in [-0.25, -0.2) is 9.97 Å². The van der Waals surface area contributed by atoms with Crippen molar-refractivity contribution in [1.29, 1.82) is 5.26 Å². The van der Waals surface area contributed by atoms with Crippen molar-refractivity contribution in [2.45, 2.75) is 33.7 Å². The van der Waals surface area contributed by atoms with Crippen LogP contribution in [0.15, 0.2) is 78.9 Å². The van der Waals surface area contributed by atoms with E-state index in [-0.39, 0.29) is 0 Å². The Kier molecular flexibility index (Phi) is 5.69. The summed E-state index contributed by atoms with van der Waals surface area (Å²) in [6.07, 6.45) is 0.852. The molecule has 0 aliphatic carbocycles. The number of pyridine rings is 1. The van der Waals surface area contributed by atoms with Crippen molar-refractivity contribution in [3.63, 3.8) is 0 Å². The van der Waals surface area contributed by atoms with Crippen molar-refractivity contribution in [3.8, 4) is 28.3 Å². The molecule has 0 saturated carbocycles. The lowest BCUT2D eigenvalue weighted by Crippen LogP contribution is -2.05. The summed E-state index contributed by atoms with van der Waals surface area (Å²) in [5, 5.41) is 9.70. The van der Waals surface area contributed by atoms with Gasteiger partial charge >= 0.3 is 0 Å². The van der Waals surface area contributed by atoms with Crippen LogP contribution in [-0.2, 0) is 13.0 Å². The van der Waals surface area contributed by atoms with Crippen molar-refractivity contribution in [2.24, 2.45) is 0 Å². The molecule has 4 nitrogen and oxygen atoms in total. The van der Waals surface area contributed by atoms with Crippen LogP contribution in [0.5, 0.6) is 0 Å². The van der Waals surface area contributed by atoms with E-state index in [0.717, 1.165) is 56.9 Å². The first-order valence-corrected chi connectivity index (χ1v) is 11.6. The fraction of sp³-hybridized carbons (Fsp3) is 0.167. The lowest BCUT2D eigenvalue weighted by Gasteiger charge is -2.11. The number of nitriles is 1. The largest absolute Gasteiger partial charge is 0.308 e. The molecule has 5 aromatic rings. The number of aromatic nitrogens is 3. The Morgan fingerprint density at radius 3 is 2.26 bits per heavy atom. The van der Waals surface area contributed by atoms with E-state index in [9.17, 15) is 5.26 Å². The fourth-order valence-electron chi connectivity index (χ4n) is 4.55. The molecule has 0 saturated heterocycles. The van der Waals surface area contributed by atoms with E-state index in [1.54, 1.807) is 0 Å². The van der Waals surface area contributed by atoms with Crippen molar-refractivity contribution in [2.75, 3.05) is 0 Å². The van der Waals surface area contributed by atoms with Gasteiger partial charge in [0.2, 0.25) is 0 Å². The molecule has 2 heterocycles. The first kappa shape index (κ1) is 21.6. The molecule has 0 aliphatic rings. The Morgan fingerprint density at radius 2 is 1.56 bits per heavy atom. The van der Waals surface area contributed by atoms with Crippen molar-refractivity contribution in [3.05, 3.63) is 107 Å². The van der Waals surface area contributed by atoms with Gasteiger partial charge in [0.05, 0.1) is 18.2 Å². The molecule has 0 unspecified atom stereocenters. The summed E-state index contributed by atoms with van der Waals surface area (Å²) < 4.78 is 2.22. The summed E-state index contributed by atoms with van der Waals surface area (Å²) in [5.74, 6) is 1.04. The standard InChI is InChI=1S/C30H26N4/c1-4-28-33-29-20(2)16-21(3)32-30(29)34(28)19-22-10-12-24(13-11-22)27-17-25(14-15-26(27)18-31)23-8-6-5-7-9-23/h5-17H,4,19H2,1-3H3. The second-order valence-corrected chi connectivity index (χ2v) is 8.66. The highest BCUT2D eigenvalue weighted by Crippen LogP contribution is 2.30. The highest BCUT2D eigenvalue weighted by Gasteiger charge is 2.14. The molecule has 0 N–H and O–H groups in total. The molecule has 34 heavy (non-hydrogen) atoms. The maximum Gasteiger partial charge on any atom is 0.160 e. The molecule has 0 aliphatic heterocycles. The number of rotatable bonds is 5. The van der Waals surface area contributed by atoms with E-state index < -0.39 is 0 Å². The monoisotopic (exact) mass is 442 g/mol. The molecule has 0 radical (unpaired) electrons. The SMILES string of the molecule is CCc1nc2c(C)cc(C)nc2n1Cc1ccc(-c2cc(-c3ccccc3)ccc2C#N)cc1. The maximum atomic E-state index is 9.70. The van der Waals surface area contributed by atoms with E-state index in [1.165, 1.54) is 5.56 Å². The highest BCUT2D eigenvalue weighted by molar-refractivity contribution is 5.78. The molecule has 5 rings (SSSR count). The van der Waals surface area contributed by atoms with Crippen LogP contribution in [0.1, 0.15) is 35.1 Å². The van der Waals surface area contributed by atoms with E-state index in [4.69, 9.17) is 9.97 Å². The zero-order valence-corrected chi connectivity index (χ0v) is 19.7. The first-order chi connectivity index (χ1) is 16.6. The minimum atomic E-state index is 0.677. The van der Waals surface area contributed by atoms with Crippen LogP contribution in [0, 0.1) is 25.2 Å². The first-order valence-electron chi connectivity index (χ1n) is 11.6. The summed E-state index contributed by atoms with van der Waals surface area (Å²) in [5.41, 5.74) is 10.2. The fourth-order valence-corrected chi connectivity index (χ4v) is 4.55. The second-order valence-electron chi connectivity index (χ2n) is 8.66. The second kappa shape index (κ2) is 8.96. The minimum absolute atomic E-state index is 0.677. The van der Waals surface area contributed by atoms with Crippen molar-refractivity contribution < 1.29 is 0 Å². The number of aryl methyl sites for hydroxylation is 3. The average molecular weight is 443 g/mol. The summed E-state index contributed by atoms with van der Waals surface area (Å²) in [4.78, 5) is 9.65. The predicted octanol–water partition coefficient (Wildman–Crippen LogP) is 6.86. The normalized spacial score (nSPS) is 11.0. The molecule has 0 spiro atoms. The number of fused-ring (bicyclic) bond motifs is 1. The van der Waals surface area contributed by atoms with Crippen LogP contribution in [-0.4, -0.2) is 14.5 Å². The van der Waals surface area contributed by atoms with Crippen LogP contribution in [0.4, 0.5) is 0 Å². The van der Waals surface area contributed by atoms with E-state index >= 15 is 0 Å². The molecule has 166 valence electrons. The Bertz CT molecular complexity index is 1520. The minimum Gasteiger partial charge on any atom is -0.308 e. The molecule has 3 aromatic carbocycles. The third-order valence-corrected chi connectivity index (χ3v) is 6.27. The number of hydrogen-bond acceptors (Lipinski definition) is 3. The van der Waals surface area contributed by atoms with E-state index in [0.29, 0.717) is 12.1 Å². The van der Waals surface area contributed by atoms with Crippen molar-refractivity contribution in [1.82, 2.24) is 14.5 Å². The molecule has 2 aromatic heterocycles. The van der Waals surface area contributed by atoms with Gasteiger partial charge in [0.15, 0.2) is 5.65 Å². The summed E-state index contributed by atoms with van der Waals surface area (Å²) in [6, 6.07) is 29.2. The third-order valence-electron chi connectivity index (χ3n) is 6.27. The number of benzene rings is 3. The van der Waals surface area contributed by atoms with Crippen LogP contribution in [0.2, 0.25) is 0 Å². The smallest absolute Gasteiger partial charge is 0.160 e. The zero-order valence-electron chi connectivity index (χ0n) is 19.7. The number of imidazole rings is 1. The molecule has 4 heteroatoms. The topological polar surface area (TPSA) is 54.5 Å². The zero-order chi connectivity index (χ0) is 23.7. The predicted molar refractivity (Wildman–Crippen MR) is 138 cm³/mol. The molecule has 0 fully saturated rings. The van der Waals surface area contributed by atoms with Gasteiger partial charge in [-0.05, 0) is 59.9 Å². The van der Waals surface area contributed by atoms with Crippen LogP contribution in [0.3, 0.4) is 0 Å². The van der Waals surface area contributed by atoms with Gasteiger partial charge in [-0.15, -0.1) is 0 Å². The molecule has 0 bridgehead atoms. The van der Waals surface area contributed by atoms with Crippen LogP contribution < -0.4 is 0 Å². The van der Waals surface area contributed by atoms with Gasteiger partial charge < -0.3 is 4.57 Å². The summed E-state index contributed by atoms with van der Waals surface area (Å²) >= 11 is 0. The molecule has 0 amide bonds. The quantitative estimate of drug-likeness (QED) is 0.299. The van der Waals surface area contributed by atoms with Gasteiger partial charge in [0.25, 0.3) is 0 Å². The summed E-state index contributed by atoms with van der Waals surface area (Å²) in [6.45, 7) is 6.97. The van der Waals surface area contributed by atoms with E-state index in [2.05, 4.69) is 73.0 Å².